The summed E-state index contributed by atoms with van der Waals surface area (Å²) in [5.74, 6) is -0.0576. The summed E-state index contributed by atoms with van der Waals surface area (Å²) >= 11 is 1.20. The number of carbonyl (C=O) groups is 1. The Balaban J connectivity index is 2.37. The number of hydrogen-bond acceptors (Lipinski definition) is 3. The van der Waals surface area contributed by atoms with Crippen molar-refractivity contribution >= 4 is 17.5 Å². The predicted octanol–water partition coefficient (Wildman–Crippen LogP) is 2.52. The van der Waals surface area contributed by atoms with Gasteiger partial charge in [-0.1, -0.05) is 12.1 Å². The summed E-state index contributed by atoms with van der Waals surface area (Å²) in [6, 6.07) is 6.42. The van der Waals surface area contributed by atoms with Gasteiger partial charge in [0, 0.05) is 11.5 Å². The highest BCUT2D eigenvalue weighted by Gasteiger charge is 2.05. The van der Waals surface area contributed by atoms with Crippen LogP contribution < -0.4 is 0 Å². The Bertz CT molecular complexity index is 328. The first-order valence-electron chi connectivity index (χ1n) is 4.70. The van der Waals surface area contributed by atoms with Crippen LogP contribution in [0.2, 0.25) is 0 Å². The van der Waals surface area contributed by atoms with Crippen LogP contribution in [0.5, 0.6) is 0 Å². The number of halogens is 1. The molecule has 2 nitrogen and oxygen atoms in total. The molecule has 0 aromatic heterocycles. The number of carbonyl (C=O) groups excluding carboxylic acids is 1. The highest BCUT2D eigenvalue weighted by molar-refractivity contribution is 8.00. The van der Waals surface area contributed by atoms with Crippen molar-refractivity contribution < 1.29 is 13.9 Å². The highest BCUT2D eigenvalue weighted by Crippen LogP contribution is 2.20. The van der Waals surface area contributed by atoms with E-state index in [2.05, 4.69) is 0 Å². The maximum Gasteiger partial charge on any atom is 0.168 e. The maximum absolute atomic E-state index is 13.1. The smallest absolute Gasteiger partial charge is 0.168 e. The Morgan fingerprint density at radius 1 is 1.47 bits per heavy atom. The Morgan fingerprint density at radius 3 is 2.87 bits per heavy atom. The van der Waals surface area contributed by atoms with Crippen molar-refractivity contribution in [2.45, 2.75) is 11.8 Å². The SMILES string of the molecule is CCOCC(=O)CSc1ccccc1F. The van der Waals surface area contributed by atoms with Gasteiger partial charge in [0.1, 0.15) is 12.4 Å². The number of Topliss-reactive ketones (excluding diaryl/α,β-unsaturated/α-hetero) is 1. The molecule has 0 heterocycles. The Morgan fingerprint density at radius 2 is 2.20 bits per heavy atom. The number of ether oxygens (including phenoxy) is 1. The summed E-state index contributed by atoms with van der Waals surface area (Å²) in [4.78, 5) is 11.7. The van der Waals surface area contributed by atoms with Crippen LogP contribution in [0.4, 0.5) is 4.39 Å². The average Bonchev–Trinajstić information content (AvgIpc) is 2.25. The van der Waals surface area contributed by atoms with Crippen LogP contribution in [-0.2, 0) is 9.53 Å². The highest BCUT2D eigenvalue weighted by atomic mass is 32.2. The monoisotopic (exact) mass is 228 g/mol. The van der Waals surface area contributed by atoms with E-state index >= 15 is 0 Å². The zero-order chi connectivity index (χ0) is 11.1. The molecule has 0 bridgehead atoms. The summed E-state index contributed by atoms with van der Waals surface area (Å²) in [7, 11) is 0. The van der Waals surface area contributed by atoms with E-state index in [1.54, 1.807) is 18.2 Å². The molecule has 82 valence electrons. The van der Waals surface area contributed by atoms with E-state index in [9.17, 15) is 9.18 Å². The normalized spacial score (nSPS) is 10.3. The summed E-state index contributed by atoms with van der Waals surface area (Å²) in [6.45, 7) is 2.46. The third-order valence-corrected chi connectivity index (χ3v) is 2.80. The van der Waals surface area contributed by atoms with Gasteiger partial charge in [0.2, 0.25) is 0 Å². The van der Waals surface area contributed by atoms with Crippen LogP contribution in [0.15, 0.2) is 29.2 Å². The molecular weight excluding hydrogens is 215 g/mol. The third-order valence-electron chi connectivity index (χ3n) is 1.69. The molecule has 0 amide bonds. The van der Waals surface area contributed by atoms with Gasteiger partial charge in [-0.2, -0.15) is 0 Å². The Labute approximate surface area is 92.8 Å². The fourth-order valence-corrected chi connectivity index (χ4v) is 1.76. The second-order valence-electron chi connectivity index (χ2n) is 2.89. The minimum absolute atomic E-state index is 0.0231. The summed E-state index contributed by atoms with van der Waals surface area (Å²) in [5.41, 5.74) is 0. The largest absolute Gasteiger partial charge is 0.374 e. The lowest BCUT2D eigenvalue weighted by Gasteiger charge is -2.02. The quantitative estimate of drug-likeness (QED) is 0.700. The van der Waals surface area contributed by atoms with Crippen LogP contribution in [-0.4, -0.2) is 24.7 Å². The third kappa shape index (κ3) is 4.44. The lowest BCUT2D eigenvalue weighted by Crippen LogP contribution is -2.10. The van der Waals surface area contributed by atoms with Gasteiger partial charge in [-0.15, -0.1) is 11.8 Å². The number of rotatable bonds is 6. The maximum atomic E-state index is 13.1. The van der Waals surface area contributed by atoms with Crippen molar-refractivity contribution in [2.24, 2.45) is 0 Å². The predicted molar refractivity (Wildman–Crippen MR) is 58.6 cm³/mol. The van der Waals surface area contributed by atoms with Crippen molar-refractivity contribution in [3.8, 4) is 0 Å². The van der Waals surface area contributed by atoms with Gasteiger partial charge in [0.05, 0.1) is 5.75 Å². The van der Waals surface area contributed by atoms with Gasteiger partial charge in [-0.3, -0.25) is 4.79 Å². The molecule has 0 spiro atoms. The van der Waals surface area contributed by atoms with Gasteiger partial charge in [0.15, 0.2) is 5.78 Å². The topological polar surface area (TPSA) is 26.3 Å². The van der Waals surface area contributed by atoms with Crippen LogP contribution >= 0.6 is 11.8 Å². The Hall–Kier alpha value is -0.870. The molecular formula is C11H13FO2S. The van der Waals surface area contributed by atoms with Crippen LogP contribution in [0.3, 0.4) is 0 Å². The Kier molecular flexibility index (Phi) is 5.36. The van der Waals surface area contributed by atoms with Gasteiger partial charge >= 0.3 is 0 Å². The summed E-state index contributed by atoms with van der Waals surface area (Å²) in [5, 5.41) is 0. The van der Waals surface area contributed by atoms with E-state index in [1.807, 2.05) is 6.92 Å². The molecule has 0 aliphatic heterocycles. The summed E-state index contributed by atoms with van der Waals surface area (Å²) in [6.07, 6.45) is 0. The number of hydrogen-bond donors (Lipinski definition) is 0. The molecule has 0 saturated carbocycles. The first kappa shape index (κ1) is 12.2. The van der Waals surface area contributed by atoms with E-state index in [1.165, 1.54) is 17.8 Å². The van der Waals surface area contributed by atoms with E-state index in [0.29, 0.717) is 11.5 Å². The molecule has 4 heteroatoms. The molecule has 0 atom stereocenters. The van der Waals surface area contributed by atoms with E-state index < -0.39 is 0 Å². The first-order chi connectivity index (χ1) is 7.24. The molecule has 0 fully saturated rings. The molecule has 0 unspecified atom stereocenters. The van der Waals surface area contributed by atoms with E-state index in [-0.39, 0.29) is 24.0 Å². The van der Waals surface area contributed by atoms with Crippen LogP contribution in [0.1, 0.15) is 6.92 Å². The lowest BCUT2D eigenvalue weighted by atomic mass is 10.3. The fourth-order valence-electron chi connectivity index (χ4n) is 0.978. The van der Waals surface area contributed by atoms with Gasteiger partial charge < -0.3 is 4.74 Å². The molecule has 0 aliphatic rings. The minimum Gasteiger partial charge on any atom is -0.374 e. The van der Waals surface area contributed by atoms with Crippen molar-refractivity contribution in [3.63, 3.8) is 0 Å². The molecule has 1 aromatic carbocycles. The van der Waals surface area contributed by atoms with E-state index in [0.717, 1.165) is 0 Å². The van der Waals surface area contributed by atoms with Crippen LogP contribution in [0.25, 0.3) is 0 Å². The van der Waals surface area contributed by atoms with Gasteiger partial charge in [-0.05, 0) is 19.1 Å². The molecule has 1 aromatic rings. The van der Waals surface area contributed by atoms with Gasteiger partial charge in [0.25, 0.3) is 0 Å². The minimum atomic E-state index is -0.285. The summed E-state index contributed by atoms with van der Waals surface area (Å²) < 4.78 is 18.1. The van der Waals surface area contributed by atoms with Crippen molar-refractivity contribution in [1.29, 1.82) is 0 Å². The molecule has 15 heavy (non-hydrogen) atoms. The zero-order valence-electron chi connectivity index (χ0n) is 8.53. The molecule has 1 rings (SSSR count). The fraction of sp³-hybridized carbons (Fsp3) is 0.364. The molecule has 0 saturated heterocycles. The lowest BCUT2D eigenvalue weighted by molar-refractivity contribution is -0.120. The number of thioether (sulfide) groups is 1. The van der Waals surface area contributed by atoms with E-state index in [4.69, 9.17) is 4.74 Å². The second-order valence-corrected chi connectivity index (χ2v) is 3.91. The zero-order valence-corrected chi connectivity index (χ0v) is 9.35. The number of ketones is 1. The second kappa shape index (κ2) is 6.58. The molecule has 0 radical (unpaired) electrons. The van der Waals surface area contributed by atoms with Crippen molar-refractivity contribution in [2.75, 3.05) is 19.0 Å². The van der Waals surface area contributed by atoms with Gasteiger partial charge in [-0.25, -0.2) is 4.39 Å². The first-order valence-corrected chi connectivity index (χ1v) is 5.69. The number of benzene rings is 1. The van der Waals surface area contributed by atoms with Crippen molar-refractivity contribution in [1.82, 2.24) is 0 Å². The average molecular weight is 228 g/mol. The van der Waals surface area contributed by atoms with Crippen LogP contribution in [0, 0.1) is 5.82 Å². The standard InChI is InChI=1S/C11H13FO2S/c1-2-14-7-9(13)8-15-11-6-4-3-5-10(11)12/h3-6H,2,7-8H2,1H3. The van der Waals surface area contributed by atoms with Crippen molar-refractivity contribution in [3.05, 3.63) is 30.1 Å². The molecule has 0 aliphatic carbocycles. The molecule has 0 N–H and O–H groups in total.